The van der Waals surface area contributed by atoms with Gasteiger partial charge in [0.25, 0.3) is 0 Å². The Bertz CT molecular complexity index is 337. The zero-order valence-electron chi connectivity index (χ0n) is 16.1. The zero-order valence-corrected chi connectivity index (χ0v) is 16.1. The molecule has 2 aliphatic carbocycles. The number of hydrogen-bond acceptors (Lipinski definition) is 3. The summed E-state index contributed by atoms with van der Waals surface area (Å²) in [5, 5.41) is 19.2. The Morgan fingerprint density at radius 2 is 1.04 bits per heavy atom. The van der Waals surface area contributed by atoms with Crippen LogP contribution in [0.2, 0.25) is 0 Å². The van der Waals surface area contributed by atoms with E-state index in [-0.39, 0.29) is 12.2 Å². The first-order valence-corrected chi connectivity index (χ1v) is 9.65. The van der Waals surface area contributed by atoms with Crippen molar-refractivity contribution in [1.82, 2.24) is 0 Å². The number of allylic oxidation sites excluding steroid dienone is 2. The van der Waals surface area contributed by atoms with E-state index in [9.17, 15) is 10.2 Å². The van der Waals surface area contributed by atoms with Crippen molar-refractivity contribution in [3.63, 3.8) is 0 Å². The molecule has 0 aromatic heterocycles. The molecule has 2 saturated carbocycles. The Morgan fingerprint density at radius 1 is 0.708 bits per heavy atom. The van der Waals surface area contributed by atoms with Crippen molar-refractivity contribution in [3.8, 4) is 0 Å². The highest BCUT2D eigenvalue weighted by molar-refractivity contribution is 4.90. The average molecular weight is 339 g/mol. The van der Waals surface area contributed by atoms with Crippen molar-refractivity contribution in [2.45, 2.75) is 91.3 Å². The van der Waals surface area contributed by atoms with E-state index in [4.69, 9.17) is 4.74 Å². The number of aliphatic hydroxyl groups excluding tert-OH is 2. The molecule has 0 bridgehead atoms. The summed E-state index contributed by atoms with van der Waals surface area (Å²) in [6.45, 7) is 8.64. The predicted molar refractivity (Wildman–Crippen MR) is 100 cm³/mol. The largest absolute Gasteiger partial charge is 0.473 e. The second-order valence-corrected chi connectivity index (χ2v) is 7.91. The molecule has 24 heavy (non-hydrogen) atoms. The van der Waals surface area contributed by atoms with Crippen LogP contribution in [0.3, 0.4) is 0 Å². The molecule has 0 aromatic rings. The predicted octanol–water partition coefficient (Wildman–Crippen LogP) is 5.19. The summed E-state index contributed by atoms with van der Waals surface area (Å²) in [6.07, 6.45) is 15.5. The van der Waals surface area contributed by atoms with Crippen molar-refractivity contribution >= 4 is 0 Å². The molecule has 0 unspecified atom stereocenters. The van der Waals surface area contributed by atoms with E-state index in [0.29, 0.717) is 5.41 Å². The van der Waals surface area contributed by atoms with Gasteiger partial charge in [0.15, 0.2) is 0 Å². The molecule has 0 saturated heterocycles. The minimum absolute atomic E-state index is 0.0461. The second kappa shape index (κ2) is 10.9. The maximum absolute atomic E-state index is 9.60. The molecule has 0 atom stereocenters. The van der Waals surface area contributed by atoms with Gasteiger partial charge in [-0.25, -0.2) is 0 Å². The van der Waals surface area contributed by atoms with Crippen LogP contribution in [0.25, 0.3) is 0 Å². The van der Waals surface area contributed by atoms with Crippen LogP contribution in [-0.4, -0.2) is 22.4 Å². The first-order valence-electron chi connectivity index (χ1n) is 9.65. The van der Waals surface area contributed by atoms with E-state index in [1.54, 1.807) is 12.5 Å². The van der Waals surface area contributed by atoms with Crippen molar-refractivity contribution in [2.75, 3.05) is 0 Å². The highest BCUT2D eigenvalue weighted by atomic mass is 16.5. The molecule has 0 heterocycles. The lowest BCUT2D eigenvalue weighted by Gasteiger charge is -2.46. The monoisotopic (exact) mass is 338 g/mol. The molecule has 0 spiro atoms. The number of rotatable bonds is 4. The Morgan fingerprint density at radius 3 is 1.33 bits per heavy atom. The van der Waals surface area contributed by atoms with Crippen LogP contribution in [-0.2, 0) is 4.74 Å². The fraction of sp³-hybridized carbons (Fsp3) is 0.810. The van der Waals surface area contributed by atoms with Gasteiger partial charge < -0.3 is 14.9 Å². The summed E-state index contributed by atoms with van der Waals surface area (Å²) in [6, 6.07) is 0. The maximum Gasteiger partial charge on any atom is 0.0858 e. The molecule has 0 radical (unpaired) electrons. The molecule has 0 aliphatic heterocycles. The third-order valence-electron chi connectivity index (χ3n) is 5.93. The van der Waals surface area contributed by atoms with E-state index < -0.39 is 0 Å². The smallest absolute Gasteiger partial charge is 0.0858 e. The van der Waals surface area contributed by atoms with Gasteiger partial charge in [0, 0.05) is 0 Å². The molecular formula is C21H38O3. The second-order valence-electron chi connectivity index (χ2n) is 7.91. The van der Waals surface area contributed by atoms with Crippen LogP contribution in [0, 0.1) is 17.3 Å². The van der Waals surface area contributed by atoms with Crippen LogP contribution in [0.15, 0.2) is 24.7 Å². The van der Waals surface area contributed by atoms with Crippen LogP contribution in [0.4, 0.5) is 0 Å². The van der Waals surface area contributed by atoms with Crippen LogP contribution < -0.4 is 0 Å². The summed E-state index contributed by atoms with van der Waals surface area (Å²) >= 11 is 0. The standard InChI is InChI=1S/C15H28O2.C6H10O/c1-15(2,11-3-7-13(16)8-4-11)12-5-9-14(17)10-6-12;1-3-5-7-6-4-2/h11-14,16-17H,3-10H2,1-2H3;3-6H,1-2H3. The Labute approximate surface area is 148 Å². The van der Waals surface area contributed by atoms with Gasteiger partial charge >= 0.3 is 0 Å². The molecule has 3 nitrogen and oxygen atoms in total. The third kappa shape index (κ3) is 6.98. The third-order valence-corrected chi connectivity index (χ3v) is 5.93. The van der Waals surface area contributed by atoms with Crippen LogP contribution in [0.1, 0.15) is 79.1 Å². The summed E-state index contributed by atoms with van der Waals surface area (Å²) in [5.41, 5.74) is 0.389. The van der Waals surface area contributed by atoms with E-state index in [1.807, 2.05) is 26.0 Å². The lowest BCUT2D eigenvalue weighted by molar-refractivity contribution is 0.00233. The summed E-state index contributed by atoms with van der Waals surface area (Å²) in [7, 11) is 0. The van der Waals surface area contributed by atoms with Crippen molar-refractivity contribution in [2.24, 2.45) is 17.3 Å². The molecule has 0 aromatic carbocycles. The van der Waals surface area contributed by atoms with Crippen LogP contribution >= 0.6 is 0 Å². The maximum atomic E-state index is 9.60. The van der Waals surface area contributed by atoms with Gasteiger partial charge in [0.1, 0.15) is 0 Å². The quantitative estimate of drug-likeness (QED) is 0.694. The molecule has 2 aliphatic rings. The topological polar surface area (TPSA) is 49.7 Å². The summed E-state index contributed by atoms with van der Waals surface area (Å²) < 4.78 is 4.77. The first-order chi connectivity index (χ1) is 11.4. The highest BCUT2D eigenvalue weighted by Crippen LogP contribution is 2.48. The first kappa shape index (κ1) is 21.2. The van der Waals surface area contributed by atoms with Crippen molar-refractivity contribution in [3.05, 3.63) is 24.7 Å². The fourth-order valence-corrected chi connectivity index (χ4v) is 4.18. The Kier molecular flexibility index (Phi) is 9.68. The zero-order chi connectivity index (χ0) is 18.0. The van der Waals surface area contributed by atoms with Crippen molar-refractivity contribution < 1.29 is 14.9 Å². The van der Waals surface area contributed by atoms with Crippen molar-refractivity contribution in [1.29, 1.82) is 0 Å². The van der Waals surface area contributed by atoms with E-state index in [0.717, 1.165) is 37.5 Å². The van der Waals surface area contributed by atoms with E-state index >= 15 is 0 Å². The fourth-order valence-electron chi connectivity index (χ4n) is 4.18. The number of ether oxygens (including phenoxy) is 1. The molecule has 0 amide bonds. The molecule has 3 heteroatoms. The average Bonchev–Trinajstić information content (AvgIpc) is 2.57. The molecule has 140 valence electrons. The van der Waals surface area contributed by atoms with Gasteiger partial charge in [-0.3, -0.25) is 0 Å². The molecule has 2 fully saturated rings. The van der Waals surface area contributed by atoms with Gasteiger partial charge in [0.2, 0.25) is 0 Å². The summed E-state index contributed by atoms with van der Waals surface area (Å²) in [4.78, 5) is 0. The van der Waals surface area contributed by atoms with E-state index in [2.05, 4.69) is 13.8 Å². The minimum atomic E-state index is -0.0461. The van der Waals surface area contributed by atoms with Gasteiger partial charge in [-0.2, -0.15) is 0 Å². The van der Waals surface area contributed by atoms with Gasteiger partial charge in [0.05, 0.1) is 24.7 Å². The highest BCUT2D eigenvalue weighted by Gasteiger charge is 2.39. The van der Waals surface area contributed by atoms with Gasteiger partial charge in [-0.1, -0.05) is 26.0 Å². The number of hydrogen-bond donors (Lipinski definition) is 2. The molecular weight excluding hydrogens is 300 g/mol. The SMILES string of the molecule is CC(C)(C1CCC(O)CC1)C1CCC(O)CC1.CC=COC=CC. The lowest BCUT2D eigenvalue weighted by atomic mass is 9.60. The lowest BCUT2D eigenvalue weighted by Crippen LogP contribution is -2.38. The van der Waals surface area contributed by atoms with E-state index in [1.165, 1.54) is 25.7 Å². The van der Waals surface area contributed by atoms with Gasteiger partial charge in [-0.15, -0.1) is 0 Å². The number of aliphatic hydroxyl groups is 2. The molecule has 2 N–H and O–H groups in total. The minimum Gasteiger partial charge on any atom is -0.473 e. The normalized spacial score (nSPS) is 31.8. The Balaban J connectivity index is 0.000000351. The summed E-state index contributed by atoms with van der Waals surface area (Å²) in [5.74, 6) is 1.54. The van der Waals surface area contributed by atoms with Crippen LogP contribution in [0.5, 0.6) is 0 Å². The van der Waals surface area contributed by atoms with Gasteiger partial charge in [-0.05, 0) is 82.5 Å². The molecule has 2 rings (SSSR count). The Hall–Kier alpha value is -0.800.